The summed E-state index contributed by atoms with van der Waals surface area (Å²) in [6.07, 6.45) is 5.76. The van der Waals surface area contributed by atoms with Crippen molar-refractivity contribution in [1.82, 2.24) is 0 Å². The summed E-state index contributed by atoms with van der Waals surface area (Å²) < 4.78 is 6.77. The van der Waals surface area contributed by atoms with Crippen LogP contribution in [0.15, 0.2) is 48.5 Å². The molecule has 0 saturated heterocycles. The van der Waals surface area contributed by atoms with Crippen LogP contribution in [0, 0.1) is 31.6 Å². The van der Waals surface area contributed by atoms with E-state index in [4.69, 9.17) is 4.74 Å². The molecule has 0 N–H and O–H groups in total. The molecule has 0 heterocycles. The van der Waals surface area contributed by atoms with Crippen LogP contribution in [0.4, 0.5) is 0 Å². The maximum absolute atomic E-state index is 6.77. The molecule has 1 nitrogen and oxygen atoms in total. The number of fused-ring (bicyclic) bond motifs is 2. The molecule has 2 aliphatic carbocycles. The van der Waals surface area contributed by atoms with Crippen molar-refractivity contribution in [2.75, 3.05) is 0 Å². The second-order valence-electron chi connectivity index (χ2n) is 8.39. The van der Waals surface area contributed by atoms with E-state index in [1.807, 2.05) is 0 Å². The predicted octanol–water partition coefficient (Wildman–Crippen LogP) is 6.23. The number of aryl methyl sites for hydroxylation is 2. The number of hydrogen-bond acceptors (Lipinski definition) is 1. The zero-order valence-corrected chi connectivity index (χ0v) is 15.7. The van der Waals surface area contributed by atoms with Gasteiger partial charge in [0, 0.05) is 0 Å². The minimum atomic E-state index is 0.0546. The average Bonchev–Trinajstić information content (AvgIpc) is 2.83. The summed E-state index contributed by atoms with van der Waals surface area (Å²) in [6, 6.07) is 17.7. The lowest BCUT2D eigenvalue weighted by atomic mass is 9.78. The van der Waals surface area contributed by atoms with Gasteiger partial charge in [-0.25, -0.2) is 0 Å². The van der Waals surface area contributed by atoms with E-state index in [2.05, 4.69) is 69.3 Å². The summed E-state index contributed by atoms with van der Waals surface area (Å²) in [5.41, 5.74) is 5.16. The number of rotatable bonds is 4. The molecule has 2 aliphatic rings. The van der Waals surface area contributed by atoms with Crippen LogP contribution >= 0.6 is 0 Å². The maximum atomic E-state index is 6.77. The predicted molar refractivity (Wildman–Crippen MR) is 104 cm³/mol. The molecular formula is C24H30O. The second-order valence-corrected chi connectivity index (χ2v) is 8.39. The Balaban J connectivity index is 1.59. The lowest BCUT2D eigenvalue weighted by molar-refractivity contribution is -0.0383. The molecule has 0 radical (unpaired) electrons. The van der Waals surface area contributed by atoms with Crippen molar-refractivity contribution in [2.45, 2.75) is 58.7 Å². The number of ether oxygens (including phenoxy) is 1. The van der Waals surface area contributed by atoms with Gasteiger partial charge in [-0.1, -0.05) is 66.6 Å². The summed E-state index contributed by atoms with van der Waals surface area (Å²) in [5, 5.41) is 0. The standard InChI is InChI=1S/C24H30O/c1-16-4-8-19(9-5-16)24(20-10-6-17(2)7-11-20)25-23-14-21-12-13-22(15-23)18(21)3/h4-11,18,21-24H,12-15H2,1-3H3. The molecule has 2 unspecified atom stereocenters. The van der Waals surface area contributed by atoms with Crippen molar-refractivity contribution in [2.24, 2.45) is 17.8 Å². The molecule has 0 aliphatic heterocycles. The lowest BCUT2D eigenvalue weighted by Crippen LogP contribution is -2.30. The van der Waals surface area contributed by atoms with Gasteiger partial charge in [0.05, 0.1) is 6.10 Å². The Labute approximate surface area is 152 Å². The highest BCUT2D eigenvalue weighted by molar-refractivity contribution is 5.33. The quantitative estimate of drug-likeness (QED) is 0.643. The highest BCUT2D eigenvalue weighted by atomic mass is 16.5. The van der Waals surface area contributed by atoms with Gasteiger partial charge in [-0.2, -0.15) is 0 Å². The highest BCUT2D eigenvalue weighted by Gasteiger charge is 2.41. The monoisotopic (exact) mass is 334 g/mol. The van der Waals surface area contributed by atoms with E-state index in [-0.39, 0.29) is 6.10 Å². The largest absolute Gasteiger partial charge is 0.366 e. The third kappa shape index (κ3) is 3.53. The molecule has 0 amide bonds. The van der Waals surface area contributed by atoms with Crippen LogP contribution in [0.2, 0.25) is 0 Å². The van der Waals surface area contributed by atoms with Crippen LogP contribution in [0.25, 0.3) is 0 Å². The molecule has 0 spiro atoms. The Morgan fingerprint density at radius 3 is 1.64 bits per heavy atom. The first-order chi connectivity index (χ1) is 12.1. The molecule has 1 heteroatoms. The normalized spacial score (nSPS) is 28.5. The Kier molecular flexibility index (Phi) is 4.69. The van der Waals surface area contributed by atoms with E-state index in [0.717, 1.165) is 17.8 Å². The first-order valence-corrected chi connectivity index (χ1v) is 9.88. The first-order valence-electron chi connectivity index (χ1n) is 9.88. The minimum Gasteiger partial charge on any atom is -0.366 e. The molecule has 2 fully saturated rings. The minimum absolute atomic E-state index is 0.0546. The summed E-state index contributed by atoms with van der Waals surface area (Å²) in [5.74, 6) is 2.65. The van der Waals surface area contributed by atoms with Crippen LogP contribution in [-0.4, -0.2) is 6.10 Å². The molecule has 2 aromatic carbocycles. The summed E-state index contributed by atoms with van der Waals surface area (Å²) in [7, 11) is 0. The SMILES string of the molecule is Cc1ccc(C(OC2CC3CCC(C2)C3C)c2ccc(C)cc2)cc1. The Morgan fingerprint density at radius 1 is 0.760 bits per heavy atom. The smallest absolute Gasteiger partial charge is 0.108 e. The van der Waals surface area contributed by atoms with Gasteiger partial charge in [0.25, 0.3) is 0 Å². The zero-order chi connectivity index (χ0) is 17.4. The van der Waals surface area contributed by atoms with Crippen molar-refractivity contribution < 1.29 is 4.74 Å². The fourth-order valence-electron chi connectivity index (χ4n) is 4.91. The maximum Gasteiger partial charge on any atom is 0.108 e. The van der Waals surface area contributed by atoms with Crippen molar-refractivity contribution in [3.05, 3.63) is 70.8 Å². The topological polar surface area (TPSA) is 9.23 Å². The van der Waals surface area contributed by atoms with Gasteiger partial charge in [-0.3, -0.25) is 0 Å². The Hall–Kier alpha value is -1.60. The molecule has 2 atom stereocenters. The summed E-state index contributed by atoms with van der Waals surface area (Å²) >= 11 is 0. The van der Waals surface area contributed by atoms with E-state index in [1.165, 1.54) is 47.9 Å². The first kappa shape index (κ1) is 16.8. The van der Waals surface area contributed by atoms with E-state index in [0.29, 0.717) is 6.10 Å². The van der Waals surface area contributed by atoms with Crippen LogP contribution in [0.5, 0.6) is 0 Å². The fraction of sp³-hybridized carbons (Fsp3) is 0.500. The number of hydrogen-bond donors (Lipinski definition) is 0. The Morgan fingerprint density at radius 2 is 1.20 bits per heavy atom. The molecular weight excluding hydrogens is 304 g/mol. The third-order valence-corrected chi connectivity index (χ3v) is 6.62. The second kappa shape index (κ2) is 6.96. The van der Waals surface area contributed by atoms with Gasteiger partial charge in [0.2, 0.25) is 0 Å². The van der Waals surface area contributed by atoms with Crippen molar-refractivity contribution in [1.29, 1.82) is 0 Å². The Bertz CT molecular complexity index is 640. The van der Waals surface area contributed by atoms with Gasteiger partial charge in [-0.15, -0.1) is 0 Å². The van der Waals surface area contributed by atoms with E-state index in [1.54, 1.807) is 0 Å². The van der Waals surface area contributed by atoms with Crippen LogP contribution in [0.3, 0.4) is 0 Å². The number of benzene rings is 2. The van der Waals surface area contributed by atoms with E-state index >= 15 is 0 Å². The van der Waals surface area contributed by atoms with Gasteiger partial charge >= 0.3 is 0 Å². The third-order valence-electron chi connectivity index (χ3n) is 6.62. The summed E-state index contributed by atoms with van der Waals surface area (Å²) in [6.45, 7) is 6.74. The molecule has 0 aromatic heterocycles. The van der Waals surface area contributed by atoms with E-state index < -0.39 is 0 Å². The van der Waals surface area contributed by atoms with Gasteiger partial charge in [-0.05, 0) is 68.4 Å². The van der Waals surface area contributed by atoms with Gasteiger partial charge in [0.1, 0.15) is 6.10 Å². The summed E-state index contributed by atoms with van der Waals surface area (Å²) in [4.78, 5) is 0. The molecule has 2 aromatic rings. The van der Waals surface area contributed by atoms with Crippen LogP contribution < -0.4 is 0 Å². The van der Waals surface area contributed by atoms with Crippen molar-refractivity contribution in [3.8, 4) is 0 Å². The lowest BCUT2D eigenvalue weighted by Gasteiger charge is -2.35. The fourth-order valence-corrected chi connectivity index (χ4v) is 4.91. The molecule has 2 saturated carbocycles. The van der Waals surface area contributed by atoms with Gasteiger partial charge < -0.3 is 4.74 Å². The zero-order valence-electron chi connectivity index (χ0n) is 15.7. The van der Waals surface area contributed by atoms with Crippen molar-refractivity contribution in [3.63, 3.8) is 0 Å². The molecule has 25 heavy (non-hydrogen) atoms. The molecule has 132 valence electrons. The molecule has 2 bridgehead atoms. The van der Waals surface area contributed by atoms with Crippen molar-refractivity contribution >= 4 is 0 Å². The van der Waals surface area contributed by atoms with E-state index in [9.17, 15) is 0 Å². The molecule has 4 rings (SSSR count). The highest BCUT2D eigenvalue weighted by Crippen LogP contribution is 2.48. The van der Waals surface area contributed by atoms with Crippen LogP contribution in [0.1, 0.15) is 61.0 Å². The van der Waals surface area contributed by atoms with Crippen LogP contribution in [-0.2, 0) is 4.74 Å². The average molecular weight is 335 g/mol. The van der Waals surface area contributed by atoms with Gasteiger partial charge in [0.15, 0.2) is 0 Å².